The SMILES string of the molecule is CN=C(NCCCOCC1CCCO1)NCC1(c2cccc(C(F)(F)F)c2)CC1. The quantitative estimate of drug-likeness (QED) is 0.370. The van der Waals surface area contributed by atoms with Gasteiger partial charge in [0.2, 0.25) is 0 Å². The van der Waals surface area contributed by atoms with Crippen molar-refractivity contribution in [1.82, 2.24) is 10.6 Å². The number of nitrogens with zero attached hydrogens (tertiary/aromatic N) is 1. The van der Waals surface area contributed by atoms with Crippen molar-refractivity contribution >= 4 is 5.96 Å². The van der Waals surface area contributed by atoms with Crippen molar-refractivity contribution in [2.24, 2.45) is 4.99 Å². The predicted octanol–water partition coefficient (Wildman–Crippen LogP) is 3.49. The van der Waals surface area contributed by atoms with Gasteiger partial charge < -0.3 is 20.1 Å². The largest absolute Gasteiger partial charge is 0.416 e. The zero-order valence-electron chi connectivity index (χ0n) is 16.9. The Kier molecular flexibility index (Phi) is 7.40. The molecule has 0 radical (unpaired) electrons. The molecule has 0 aromatic heterocycles. The fraction of sp³-hybridized carbons (Fsp3) is 0.667. The molecular weight excluding hydrogens is 383 g/mol. The number of hydrogen-bond acceptors (Lipinski definition) is 3. The number of alkyl halides is 3. The van der Waals surface area contributed by atoms with E-state index in [4.69, 9.17) is 9.47 Å². The van der Waals surface area contributed by atoms with Gasteiger partial charge in [-0.2, -0.15) is 13.2 Å². The number of aliphatic imine (C=N–C) groups is 1. The second-order valence-electron chi connectivity index (χ2n) is 7.77. The lowest BCUT2D eigenvalue weighted by atomic mass is 9.94. The molecule has 5 nitrogen and oxygen atoms in total. The molecule has 1 aromatic carbocycles. The minimum Gasteiger partial charge on any atom is -0.379 e. The van der Waals surface area contributed by atoms with E-state index >= 15 is 0 Å². The Labute approximate surface area is 170 Å². The first-order valence-electron chi connectivity index (χ1n) is 10.2. The van der Waals surface area contributed by atoms with Gasteiger partial charge in [0.1, 0.15) is 0 Å². The summed E-state index contributed by atoms with van der Waals surface area (Å²) < 4.78 is 50.1. The van der Waals surface area contributed by atoms with Gasteiger partial charge in [0.25, 0.3) is 0 Å². The van der Waals surface area contributed by atoms with Gasteiger partial charge in [-0.05, 0) is 43.7 Å². The van der Waals surface area contributed by atoms with Crippen LogP contribution in [0.5, 0.6) is 0 Å². The summed E-state index contributed by atoms with van der Waals surface area (Å²) in [6, 6.07) is 5.66. The van der Waals surface area contributed by atoms with E-state index in [1.165, 1.54) is 12.1 Å². The first-order valence-corrected chi connectivity index (χ1v) is 10.2. The zero-order valence-corrected chi connectivity index (χ0v) is 16.9. The van der Waals surface area contributed by atoms with Crippen molar-refractivity contribution in [2.45, 2.75) is 49.8 Å². The molecule has 2 aliphatic rings. The highest BCUT2D eigenvalue weighted by atomic mass is 19.4. The Morgan fingerprint density at radius 2 is 2.14 bits per heavy atom. The van der Waals surface area contributed by atoms with Crippen LogP contribution in [0.2, 0.25) is 0 Å². The summed E-state index contributed by atoms with van der Waals surface area (Å²) in [5, 5.41) is 6.49. The number of benzene rings is 1. The fourth-order valence-electron chi connectivity index (χ4n) is 3.59. The molecule has 3 rings (SSSR count). The maximum Gasteiger partial charge on any atom is 0.416 e. The van der Waals surface area contributed by atoms with Gasteiger partial charge in [-0.25, -0.2) is 0 Å². The number of hydrogen-bond donors (Lipinski definition) is 2. The van der Waals surface area contributed by atoms with Crippen molar-refractivity contribution < 1.29 is 22.6 Å². The van der Waals surface area contributed by atoms with Crippen molar-refractivity contribution in [3.63, 3.8) is 0 Å². The second kappa shape index (κ2) is 9.80. The van der Waals surface area contributed by atoms with E-state index in [-0.39, 0.29) is 11.5 Å². The van der Waals surface area contributed by atoms with Crippen molar-refractivity contribution in [2.75, 3.05) is 40.0 Å². The Hall–Kier alpha value is -1.80. The standard InChI is InChI=1S/C21H30F3N3O2/c1-25-19(26-10-4-11-28-14-18-7-3-12-29-18)27-15-20(8-9-20)16-5-2-6-17(13-16)21(22,23)24/h2,5-6,13,18H,3-4,7-12,14-15H2,1H3,(H2,25,26,27). The van der Waals surface area contributed by atoms with Gasteiger partial charge in [-0.3, -0.25) is 4.99 Å². The van der Waals surface area contributed by atoms with E-state index in [0.29, 0.717) is 32.3 Å². The number of guanidine groups is 1. The first kappa shape index (κ1) is 21.9. The Balaban J connectivity index is 1.39. The van der Waals surface area contributed by atoms with Crippen LogP contribution in [-0.2, 0) is 21.1 Å². The molecule has 0 bridgehead atoms. The highest BCUT2D eigenvalue weighted by Crippen LogP contribution is 2.48. The average Bonchev–Trinajstić information content (AvgIpc) is 3.32. The average molecular weight is 413 g/mol. The van der Waals surface area contributed by atoms with Crippen LogP contribution in [0, 0.1) is 0 Å². The van der Waals surface area contributed by atoms with Crippen LogP contribution >= 0.6 is 0 Å². The number of rotatable bonds is 9. The number of halogens is 3. The molecule has 1 aliphatic carbocycles. The lowest BCUT2D eigenvalue weighted by Gasteiger charge is -2.20. The summed E-state index contributed by atoms with van der Waals surface area (Å²) >= 11 is 0. The molecule has 2 N–H and O–H groups in total. The molecule has 1 heterocycles. The molecule has 1 atom stereocenters. The minimum absolute atomic E-state index is 0.239. The van der Waals surface area contributed by atoms with Crippen LogP contribution in [0.15, 0.2) is 29.3 Å². The minimum atomic E-state index is -4.32. The summed E-state index contributed by atoms with van der Waals surface area (Å²) in [7, 11) is 1.69. The molecule has 1 unspecified atom stereocenters. The number of ether oxygens (including phenoxy) is 2. The van der Waals surface area contributed by atoms with Gasteiger partial charge >= 0.3 is 6.18 Å². The van der Waals surface area contributed by atoms with Crippen molar-refractivity contribution in [3.05, 3.63) is 35.4 Å². The molecule has 1 aromatic rings. The predicted molar refractivity (Wildman–Crippen MR) is 106 cm³/mol. The highest BCUT2D eigenvalue weighted by Gasteiger charge is 2.45. The lowest BCUT2D eigenvalue weighted by molar-refractivity contribution is -0.137. The van der Waals surface area contributed by atoms with Gasteiger partial charge in [-0.15, -0.1) is 0 Å². The van der Waals surface area contributed by atoms with E-state index in [9.17, 15) is 13.2 Å². The van der Waals surface area contributed by atoms with E-state index in [0.717, 1.165) is 50.3 Å². The van der Waals surface area contributed by atoms with Gasteiger partial charge in [-0.1, -0.05) is 18.2 Å². The summed E-state index contributed by atoms with van der Waals surface area (Å²) in [6.45, 7) is 3.40. The highest BCUT2D eigenvalue weighted by molar-refractivity contribution is 5.79. The topological polar surface area (TPSA) is 54.9 Å². The first-order chi connectivity index (χ1) is 13.9. The molecule has 1 saturated carbocycles. The second-order valence-corrected chi connectivity index (χ2v) is 7.77. The molecule has 162 valence electrons. The third-order valence-corrected chi connectivity index (χ3v) is 5.56. The molecule has 0 spiro atoms. The normalized spacial score (nSPS) is 21.2. The van der Waals surface area contributed by atoms with Crippen LogP contribution in [0.3, 0.4) is 0 Å². The summed E-state index contributed by atoms with van der Waals surface area (Å²) in [5.74, 6) is 0.655. The van der Waals surface area contributed by atoms with Gasteiger partial charge in [0, 0.05) is 38.8 Å². The van der Waals surface area contributed by atoms with E-state index in [1.54, 1.807) is 13.1 Å². The van der Waals surface area contributed by atoms with E-state index in [1.807, 2.05) is 0 Å². The summed E-state index contributed by atoms with van der Waals surface area (Å²) in [6.07, 6.45) is 0.685. The molecule has 1 saturated heterocycles. The van der Waals surface area contributed by atoms with E-state index < -0.39 is 11.7 Å². The Morgan fingerprint density at radius 1 is 1.31 bits per heavy atom. The smallest absolute Gasteiger partial charge is 0.379 e. The summed E-state index contributed by atoms with van der Waals surface area (Å²) in [4.78, 5) is 4.20. The number of nitrogens with one attached hydrogen (secondary N) is 2. The maximum absolute atomic E-state index is 13.0. The lowest BCUT2D eigenvalue weighted by Crippen LogP contribution is -2.41. The zero-order chi connectivity index (χ0) is 20.7. The Morgan fingerprint density at radius 3 is 2.79 bits per heavy atom. The van der Waals surface area contributed by atoms with Crippen LogP contribution < -0.4 is 10.6 Å². The van der Waals surface area contributed by atoms with Crippen molar-refractivity contribution in [1.29, 1.82) is 0 Å². The maximum atomic E-state index is 13.0. The van der Waals surface area contributed by atoms with E-state index in [2.05, 4.69) is 15.6 Å². The third kappa shape index (κ3) is 6.34. The van der Waals surface area contributed by atoms with Gasteiger partial charge in [0.15, 0.2) is 5.96 Å². The molecule has 29 heavy (non-hydrogen) atoms. The monoisotopic (exact) mass is 413 g/mol. The van der Waals surface area contributed by atoms with Crippen molar-refractivity contribution in [3.8, 4) is 0 Å². The molecule has 8 heteroatoms. The molecule has 1 aliphatic heterocycles. The Bertz CT molecular complexity index is 684. The molecule has 2 fully saturated rings. The third-order valence-electron chi connectivity index (χ3n) is 5.56. The fourth-order valence-corrected chi connectivity index (χ4v) is 3.59. The van der Waals surface area contributed by atoms with Crippen LogP contribution in [-0.4, -0.2) is 52.0 Å². The van der Waals surface area contributed by atoms with Gasteiger partial charge in [0.05, 0.1) is 18.3 Å². The molecular formula is C21H30F3N3O2. The van der Waals surface area contributed by atoms with Crippen LogP contribution in [0.4, 0.5) is 13.2 Å². The van der Waals surface area contributed by atoms with Crippen LogP contribution in [0.1, 0.15) is 43.2 Å². The van der Waals surface area contributed by atoms with Crippen LogP contribution in [0.25, 0.3) is 0 Å². The molecule has 0 amide bonds. The summed E-state index contributed by atoms with van der Waals surface area (Å²) in [5.41, 5.74) is -0.104.